The normalized spacial score (nSPS) is 15.3. The Labute approximate surface area is 120 Å². The molecule has 0 bridgehead atoms. The largest absolute Gasteiger partial charge is 0.478 e. The number of rotatable bonds is 3. The molecule has 2 rings (SSSR count). The summed E-state index contributed by atoms with van der Waals surface area (Å²) in [5, 5.41) is 22.9. The van der Waals surface area contributed by atoms with Gasteiger partial charge in [0.15, 0.2) is 0 Å². The Morgan fingerprint density at radius 1 is 1.43 bits per heavy atom. The summed E-state index contributed by atoms with van der Waals surface area (Å²) < 4.78 is 0. The van der Waals surface area contributed by atoms with Gasteiger partial charge in [-0.2, -0.15) is 0 Å². The molecule has 1 aromatic rings. The molecule has 0 radical (unpaired) electrons. The summed E-state index contributed by atoms with van der Waals surface area (Å²) in [5.74, 6) is -1.30. The van der Waals surface area contributed by atoms with Crippen molar-refractivity contribution in [1.82, 2.24) is 5.32 Å². The molecule has 1 fully saturated rings. The minimum atomic E-state index is -1.22. The van der Waals surface area contributed by atoms with E-state index in [4.69, 9.17) is 5.11 Å². The molecule has 0 spiro atoms. The topological polar surface area (TPSA) is 113 Å². The molecule has 1 aliphatic rings. The Morgan fingerprint density at radius 3 is 2.76 bits per heavy atom. The van der Waals surface area contributed by atoms with Crippen molar-refractivity contribution in [3.05, 3.63) is 33.4 Å². The van der Waals surface area contributed by atoms with Crippen molar-refractivity contribution in [1.29, 1.82) is 0 Å². The maximum atomic E-state index is 11.4. The third-order valence-corrected chi connectivity index (χ3v) is 3.45. The highest BCUT2D eigenvalue weighted by Crippen LogP contribution is 2.31. The molecule has 0 aromatic heterocycles. The third kappa shape index (κ3) is 3.10. The number of carbonyl (C=O) groups excluding carboxylic acids is 1. The molecule has 21 heavy (non-hydrogen) atoms. The number of amides is 1. The second-order valence-corrected chi connectivity index (χ2v) is 4.79. The number of nitrogens with zero attached hydrogens (tertiary/aromatic N) is 2. The monoisotopic (exact) mass is 293 g/mol. The standard InChI is InChI=1S/C13H15N3O5/c1-8-10(15-4-2-12(17)14-3-5-15)6-9(13(18)19)7-11(8)16(20)21/h6-7H,2-5H2,1H3,(H,14,17)(H,18,19). The van der Waals surface area contributed by atoms with Crippen LogP contribution in [0.25, 0.3) is 0 Å². The van der Waals surface area contributed by atoms with Crippen LogP contribution in [0.2, 0.25) is 0 Å². The van der Waals surface area contributed by atoms with E-state index in [1.807, 2.05) is 0 Å². The van der Waals surface area contributed by atoms with Crippen LogP contribution in [-0.2, 0) is 4.79 Å². The van der Waals surface area contributed by atoms with Gasteiger partial charge in [-0.3, -0.25) is 14.9 Å². The number of carboxylic acid groups (broad SMARTS) is 1. The van der Waals surface area contributed by atoms with E-state index in [1.165, 1.54) is 6.07 Å². The molecule has 1 saturated heterocycles. The average Bonchev–Trinajstić information content (AvgIpc) is 2.63. The Morgan fingerprint density at radius 2 is 2.14 bits per heavy atom. The number of carboxylic acids is 1. The van der Waals surface area contributed by atoms with Crippen molar-refractivity contribution in [3.8, 4) is 0 Å². The second-order valence-electron chi connectivity index (χ2n) is 4.79. The number of nitro benzene ring substituents is 1. The molecular formula is C13H15N3O5. The van der Waals surface area contributed by atoms with Crippen molar-refractivity contribution < 1.29 is 19.6 Å². The molecule has 0 unspecified atom stereocenters. The maximum Gasteiger partial charge on any atom is 0.336 e. The lowest BCUT2D eigenvalue weighted by Gasteiger charge is -2.24. The first-order chi connectivity index (χ1) is 9.90. The first-order valence-corrected chi connectivity index (χ1v) is 6.44. The van der Waals surface area contributed by atoms with Gasteiger partial charge < -0.3 is 15.3 Å². The number of hydrogen-bond acceptors (Lipinski definition) is 5. The summed E-state index contributed by atoms with van der Waals surface area (Å²) >= 11 is 0. The molecule has 1 aromatic carbocycles. The minimum absolute atomic E-state index is 0.0842. The minimum Gasteiger partial charge on any atom is -0.478 e. The van der Waals surface area contributed by atoms with Gasteiger partial charge in [-0.05, 0) is 13.0 Å². The maximum absolute atomic E-state index is 11.4. The Bertz CT molecular complexity index is 614. The van der Waals surface area contributed by atoms with Gasteiger partial charge >= 0.3 is 5.97 Å². The van der Waals surface area contributed by atoms with Crippen molar-refractivity contribution in [2.24, 2.45) is 0 Å². The molecular weight excluding hydrogens is 278 g/mol. The van der Waals surface area contributed by atoms with Crippen molar-refractivity contribution in [2.75, 3.05) is 24.5 Å². The van der Waals surface area contributed by atoms with Gasteiger partial charge in [0.2, 0.25) is 5.91 Å². The van der Waals surface area contributed by atoms with Crippen molar-refractivity contribution in [2.45, 2.75) is 13.3 Å². The lowest BCUT2D eigenvalue weighted by molar-refractivity contribution is -0.385. The summed E-state index contributed by atoms with van der Waals surface area (Å²) in [6, 6.07) is 2.48. The predicted octanol–water partition coefficient (Wildman–Crippen LogP) is 0.928. The van der Waals surface area contributed by atoms with Crippen LogP contribution in [-0.4, -0.2) is 41.5 Å². The van der Waals surface area contributed by atoms with Crippen LogP contribution in [0.1, 0.15) is 22.3 Å². The highest BCUT2D eigenvalue weighted by atomic mass is 16.6. The predicted molar refractivity (Wildman–Crippen MR) is 74.6 cm³/mol. The van der Waals surface area contributed by atoms with Crippen LogP contribution in [0.3, 0.4) is 0 Å². The first-order valence-electron chi connectivity index (χ1n) is 6.44. The molecule has 1 aliphatic heterocycles. The molecule has 112 valence electrons. The molecule has 1 amide bonds. The number of hydrogen-bond donors (Lipinski definition) is 2. The van der Waals surface area contributed by atoms with E-state index in [1.54, 1.807) is 11.8 Å². The van der Waals surface area contributed by atoms with Gasteiger partial charge in [-0.25, -0.2) is 4.79 Å². The number of nitro groups is 1. The van der Waals surface area contributed by atoms with E-state index in [9.17, 15) is 19.7 Å². The van der Waals surface area contributed by atoms with Crippen LogP contribution in [0.5, 0.6) is 0 Å². The van der Waals surface area contributed by atoms with Gasteiger partial charge in [-0.1, -0.05) is 0 Å². The second kappa shape index (κ2) is 5.78. The van der Waals surface area contributed by atoms with E-state index in [2.05, 4.69) is 5.32 Å². The number of anilines is 1. The van der Waals surface area contributed by atoms with Crippen LogP contribution in [0.4, 0.5) is 11.4 Å². The zero-order valence-electron chi connectivity index (χ0n) is 11.5. The lowest BCUT2D eigenvalue weighted by atomic mass is 10.1. The third-order valence-electron chi connectivity index (χ3n) is 3.45. The molecule has 0 atom stereocenters. The van der Waals surface area contributed by atoms with Crippen molar-refractivity contribution in [3.63, 3.8) is 0 Å². The van der Waals surface area contributed by atoms with Crippen LogP contribution in [0.15, 0.2) is 12.1 Å². The quantitative estimate of drug-likeness (QED) is 0.633. The van der Waals surface area contributed by atoms with Gasteiger partial charge in [0.25, 0.3) is 5.69 Å². The molecule has 1 heterocycles. The van der Waals surface area contributed by atoms with Crippen LogP contribution < -0.4 is 10.2 Å². The lowest BCUT2D eigenvalue weighted by Crippen LogP contribution is -2.29. The van der Waals surface area contributed by atoms with E-state index >= 15 is 0 Å². The van der Waals surface area contributed by atoms with Crippen molar-refractivity contribution >= 4 is 23.3 Å². The highest BCUT2D eigenvalue weighted by Gasteiger charge is 2.23. The Hall–Kier alpha value is -2.64. The summed E-state index contributed by atoms with van der Waals surface area (Å²) in [6.45, 7) is 2.88. The number of benzene rings is 1. The van der Waals surface area contributed by atoms with Crippen LogP contribution >= 0.6 is 0 Å². The molecule has 8 heteroatoms. The fourth-order valence-electron chi connectivity index (χ4n) is 2.33. The van der Waals surface area contributed by atoms with Gasteiger partial charge in [0.1, 0.15) is 0 Å². The molecule has 0 aliphatic carbocycles. The number of aromatic carboxylic acids is 1. The van der Waals surface area contributed by atoms with E-state index in [-0.39, 0.29) is 23.6 Å². The average molecular weight is 293 g/mol. The Kier molecular flexibility index (Phi) is 4.06. The zero-order valence-corrected chi connectivity index (χ0v) is 11.5. The van der Waals surface area contributed by atoms with Gasteiger partial charge in [-0.15, -0.1) is 0 Å². The fourth-order valence-corrected chi connectivity index (χ4v) is 2.33. The molecule has 8 nitrogen and oxygen atoms in total. The van der Waals surface area contributed by atoms with E-state index in [0.717, 1.165) is 6.07 Å². The van der Waals surface area contributed by atoms with Crippen LogP contribution in [0, 0.1) is 17.0 Å². The summed E-state index contributed by atoms with van der Waals surface area (Å²) in [4.78, 5) is 34.8. The van der Waals surface area contributed by atoms with E-state index < -0.39 is 10.9 Å². The number of nitrogens with one attached hydrogen (secondary N) is 1. The Balaban J connectivity index is 2.48. The SMILES string of the molecule is Cc1c(N2CCNC(=O)CC2)cc(C(=O)O)cc1[N+](=O)[O-]. The molecule has 0 saturated carbocycles. The number of carbonyl (C=O) groups is 2. The smallest absolute Gasteiger partial charge is 0.336 e. The fraction of sp³-hybridized carbons (Fsp3) is 0.385. The van der Waals surface area contributed by atoms with Gasteiger partial charge in [0.05, 0.1) is 16.1 Å². The highest BCUT2D eigenvalue weighted by molar-refractivity contribution is 5.91. The summed E-state index contributed by atoms with van der Waals surface area (Å²) in [6.07, 6.45) is 0.268. The molecule has 2 N–H and O–H groups in total. The summed E-state index contributed by atoms with van der Waals surface area (Å²) in [7, 11) is 0. The summed E-state index contributed by atoms with van der Waals surface area (Å²) in [5.41, 5.74) is 0.525. The zero-order chi connectivity index (χ0) is 15.6. The van der Waals surface area contributed by atoms with E-state index in [0.29, 0.717) is 30.9 Å². The van der Waals surface area contributed by atoms with Gasteiger partial charge in [0, 0.05) is 37.8 Å². The first kappa shape index (κ1) is 14.8.